The molecule has 0 heterocycles. The van der Waals surface area contributed by atoms with Gasteiger partial charge in [0.25, 0.3) is 0 Å². The van der Waals surface area contributed by atoms with Crippen LogP contribution >= 0.6 is 0 Å². The first kappa shape index (κ1) is 38.9. The maximum absolute atomic E-state index is 9.15. The van der Waals surface area contributed by atoms with Crippen LogP contribution in [0.5, 0.6) is 17.2 Å². The highest BCUT2D eigenvalue weighted by atomic mass is 16.5. The van der Waals surface area contributed by atoms with Crippen LogP contribution in [0.3, 0.4) is 0 Å². The lowest BCUT2D eigenvalue weighted by Gasteiger charge is -2.26. The lowest BCUT2D eigenvalue weighted by atomic mass is 9.95. The molecule has 6 nitrogen and oxygen atoms in total. The summed E-state index contributed by atoms with van der Waals surface area (Å²) >= 11 is 0. The van der Waals surface area contributed by atoms with Crippen molar-refractivity contribution in [2.45, 2.75) is 39.5 Å². The molecule has 0 unspecified atom stereocenters. The average molecular weight is 734 g/mol. The molecule has 6 rings (SSSR count). The molecule has 0 aliphatic heterocycles. The second-order valence-corrected chi connectivity index (χ2v) is 13.5. The van der Waals surface area contributed by atoms with Crippen LogP contribution in [0.2, 0.25) is 0 Å². The largest absolute Gasteiger partial charge is 0.494 e. The summed E-state index contributed by atoms with van der Waals surface area (Å²) in [6.07, 6.45) is 5.56. The highest BCUT2D eigenvalue weighted by Crippen LogP contribution is 2.37. The Bertz CT molecular complexity index is 2000. The lowest BCUT2D eigenvalue weighted by molar-refractivity contribution is 0.233. The first-order chi connectivity index (χ1) is 27.0. The van der Waals surface area contributed by atoms with E-state index in [9.17, 15) is 0 Å². The molecule has 2 N–H and O–H groups in total. The number of hydrogen-bond acceptors (Lipinski definition) is 6. The van der Waals surface area contributed by atoms with Crippen LogP contribution < -0.4 is 19.1 Å². The fraction of sp³-hybridized carbons (Fsp3) is 0.224. The quantitative estimate of drug-likeness (QED) is 0.0638. The second-order valence-electron chi connectivity index (χ2n) is 13.5. The summed E-state index contributed by atoms with van der Waals surface area (Å²) in [6, 6.07) is 50.5. The van der Waals surface area contributed by atoms with E-state index in [0.29, 0.717) is 26.1 Å². The summed E-state index contributed by atoms with van der Waals surface area (Å²) in [4.78, 5) is 2.29. The molecule has 0 fully saturated rings. The zero-order valence-corrected chi connectivity index (χ0v) is 31.9. The maximum Gasteiger partial charge on any atom is 0.119 e. The van der Waals surface area contributed by atoms with Gasteiger partial charge in [0, 0.05) is 43.1 Å². The van der Waals surface area contributed by atoms with Crippen molar-refractivity contribution in [1.29, 1.82) is 0 Å². The van der Waals surface area contributed by atoms with Crippen molar-refractivity contribution in [2.75, 3.05) is 37.9 Å². The zero-order valence-electron chi connectivity index (χ0n) is 31.9. The van der Waals surface area contributed by atoms with Gasteiger partial charge in [-0.1, -0.05) is 91.7 Å². The van der Waals surface area contributed by atoms with Gasteiger partial charge < -0.3 is 29.3 Å². The molecule has 0 spiro atoms. The number of hydrogen-bond donors (Lipinski definition) is 2. The SMILES string of the molecule is CCCCOc1ccc(-c2ccc(N(c3ccc(C)cc3)c3ccc(C=C(c4ccc(OCCCO)cc4)c4ccc(OCCCO)cc4)cc3)cc2)cc1. The van der Waals surface area contributed by atoms with Gasteiger partial charge >= 0.3 is 0 Å². The van der Waals surface area contributed by atoms with Gasteiger partial charge in [0.1, 0.15) is 17.2 Å². The number of aliphatic hydroxyl groups excluding tert-OH is 2. The molecular formula is C49H51NO5. The fourth-order valence-electron chi connectivity index (χ4n) is 6.21. The van der Waals surface area contributed by atoms with E-state index in [4.69, 9.17) is 24.4 Å². The minimum Gasteiger partial charge on any atom is -0.494 e. The fourth-order valence-corrected chi connectivity index (χ4v) is 6.21. The molecule has 55 heavy (non-hydrogen) atoms. The Morgan fingerprint density at radius 1 is 0.491 bits per heavy atom. The number of aliphatic hydroxyl groups is 2. The van der Waals surface area contributed by atoms with Gasteiger partial charge in [-0.05, 0) is 126 Å². The number of unbranched alkanes of at least 4 members (excludes halogenated alkanes) is 1. The molecule has 0 radical (unpaired) electrons. The summed E-state index contributed by atoms with van der Waals surface area (Å²) in [7, 11) is 0. The number of nitrogens with zero attached hydrogens (tertiary/aromatic N) is 1. The third-order valence-corrected chi connectivity index (χ3v) is 9.31. The van der Waals surface area contributed by atoms with Crippen molar-refractivity contribution >= 4 is 28.7 Å². The minimum absolute atomic E-state index is 0.100. The molecule has 6 aromatic rings. The Hall–Kier alpha value is -5.82. The van der Waals surface area contributed by atoms with Gasteiger partial charge in [0.15, 0.2) is 0 Å². The summed E-state index contributed by atoms with van der Waals surface area (Å²) < 4.78 is 17.5. The van der Waals surface area contributed by atoms with Crippen molar-refractivity contribution in [3.63, 3.8) is 0 Å². The summed E-state index contributed by atoms with van der Waals surface area (Å²) in [5.41, 5.74) is 10.9. The minimum atomic E-state index is 0.100. The zero-order chi connectivity index (χ0) is 38.2. The van der Waals surface area contributed by atoms with Crippen molar-refractivity contribution in [3.05, 3.63) is 168 Å². The molecule has 0 aliphatic carbocycles. The predicted octanol–water partition coefficient (Wildman–Crippen LogP) is 11.4. The van der Waals surface area contributed by atoms with Crippen LogP contribution in [0, 0.1) is 6.92 Å². The van der Waals surface area contributed by atoms with Gasteiger partial charge in [-0.2, -0.15) is 0 Å². The number of ether oxygens (including phenoxy) is 3. The summed E-state index contributed by atoms with van der Waals surface area (Å²) in [5.74, 6) is 2.44. The van der Waals surface area contributed by atoms with Gasteiger partial charge in [-0.25, -0.2) is 0 Å². The molecule has 6 aromatic carbocycles. The van der Waals surface area contributed by atoms with E-state index in [2.05, 4.69) is 134 Å². The third-order valence-electron chi connectivity index (χ3n) is 9.31. The molecular weight excluding hydrogens is 683 g/mol. The van der Waals surface area contributed by atoms with Crippen molar-refractivity contribution < 1.29 is 24.4 Å². The first-order valence-electron chi connectivity index (χ1n) is 19.2. The standard InChI is InChI=1S/C49H51NO5/c1-3-4-33-53-46-25-13-40(14-26-46)39-11-23-45(24-12-39)50(43-19-7-37(2)8-20-43)44-21-9-38(10-22-44)36-49(41-15-27-47(28-16-41)54-34-5-31-51)42-17-29-48(30-18-42)55-35-6-32-52/h7-30,36,51-52H,3-6,31-35H2,1-2H3. The van der Waals surface area contributed by atoms with Crippen molar-refractivity contribution in [1.82, 2.24) is 0 Å². The van der Waals surface area contributed by atoms with E-state index in [-0.39, 0.29) is 13.2 Å². The van der Waals surface area contributed by atoms with E-state index in [0.717, 1.165) is 87.1 Å². The molecule has 0 amide bonds. The van der Waals surface area contributed by atoms with E-state index >= 15 is 0 Å². The molecule has 0 aromatic heterocycles. The van der Waals surface area contributed by atoms with Gasteiger partial charge in [0.05, 0.1) is 19.8 Å². The van der Waals surface area contributed by atoms with Crippen LogP contribution in [-0.2, 0) is 0 Å². The smallest absolute Gasteiger partial charge is 0.119 e. The van der Waals surface area contributed by atoms with Gasteiger partial charge in [-0.15, -0.1) is 0 Å². The van der Waals surface area contributed by atoms with Crippen LogP contribution in [0.25, 0.3) is 22.8 Å². The van der Waals surface area contributed by atoms with Crippen LogP contribution in [0.4, 0.5) is 17.1 Å². The topological polar surface area (TPSA) is 71.4 Å². The van der Waals surface area contributed by atoms with Crippen LogP contribution in [0.15, 0.2) is 146 Å². The maximum atomic E-state index is 9.15. The number of benzene rings is 6. The van der Waals surface area contributed by atoms with E-state index < -0.39 is 0 Å². The van der Waals surface area contributed by atoms with E-state index in [1.807, 2.05) is 36.4 Å². The molecule has 0 bridgehead atoms. The molecule has 6 heteroatoms. The summed E-state index contributed by atoms with van der Waals surface area (Å²) in [6.45, 7) is 6.16. The van der Waals surface area contributed by atoms with Crippen molar-refractivity contribution in [2.24, 2.45) is 0 Å². The predicted molar refractivity (Wildman–Crippen MR) is 226 cm³/mol. The number of rotatable bonds is 19. The first-order valence-corrected chi connectivity index (χ1v) is 19.2. The Kier molecular flexibility index (Phi) is 14.2. The highest BCUT2D eigenvalue weighted by molar-refractivity contribution is 5.92. The Balaban J connectivity index is 1.29. The Morgan fingerprint density at radius 3 is 1.31 bits per heavy atom. The normalized spacial score (nSPS) is 10.8. The Morgan fingerprint density at radius 2 is 0.873 bits per heavy atom. The Labute approximate surface area is 325 Å². The number of anilines is 3. The molecule has 0 atom stereocenters. The van der Waals surface area contributed by atoms with E-state index in [1.165, 1.54) is 5.56 Å². The molecule has 0 aliphatic rings. The third kappa shape index (κ3) is 10.9. The molecule has 282 valence electrons. The highest BCUT2D eigenvalue weighted by Gasteiger charge is 2.14. The van der Waals surface area contributed by atoms with Crippen molar-refractivity contribution in [3.8, 4) is 28.4 Å². The van der Waals surface area contributed by atoms with Gasteiger partial charge in [0.2, 0.25) is 0 Å². The van der Waals surface area contributed by atoms with Gasteiger partial charge in [-0.3, -0.25) is 0 Å². The molecule has 0 saturated carbocycles. The summed E-state index contributed by atoms with van der Waals surface area (Å²) in [5, 5.41) is 18.3. The lowest BCUT2D eigenvalue weighted by Crippen LogP contribution is -2.09. The average Bonchev–Trinajstić information content (AvgIpc) is 3.23. The second kappa shape index (κ2) is 20.0. The van der Waals surface area contributed by atoms with Crippen LogP contribution in [-0.4, -0.2) is 43.2 Å². The van der Waals surface area contributed by atoms with E-state index in [1.54, 1.807) is 0 Å². The number of aryl methyl sites for hydroxylation is 1. The monoisotopic (exact) mass is 733 g/mol. The molecule has 0 saturated heterocycles. The van der Waals surface area contributed by atoms with Crippen LogP contribution in [0.1, 0.15) is 54.9 Å².